The number of sulfonamides is 1. The van der Waals surface area contributed by atoms with Crippen LogP contribution in [0.5, 0.6) is 0 Å². The predicted molar refractivity (Wildman–Crippen MR) is 135 cm³/mol. The molecule has 0 bridgehead atoms. The van der Waals surface area contributed by atoms with E-state index in [0.29, 0.717) is 30.4 Å². The van der Waals surface area contributed by atoms with Gasteiger partial charge in [0.1, 0.15) is 0 Å². The maximum Gasteiger partial charge on any atom is 0.243 e. The minimum atomic E-state index is -3.63. The van der Waals surface area contributed by atoms with Crippen molar-refractivity contribution in [2.75, 3.05) is 26.6 Å². The monoisotopic (exact) mass is 486 g/mol. The van der Waals surface area contributed by atoms with Crippen LogP contribution in [0, 0.1) is 12.8 Å². The maximum atomic E-state index is 13.7. The Bertz CT molecular complexity index is 1330. The lowest BCUT2D eigenvalue weighted by Crippen LogP contribution is -2.41. The minimum absolute atomic E-state index is 0.218. The molecule has 3 heterocycles. The van der Waals surface area contributed by atoms with Gasteiger partial charge in [0.15, 0.2) is 0 Å². The number of likely N-dealkylation sites (tertiary alicyclic amines) is 1. The molecule has 2 aliphatic rings. The highest BCUT2D eigenvalue weighted by Crippen LogP contribution is 2.40. The molecule has 7 heteroatoms. The van der Waals surface area contributed by atoms with Gasteiger partial charge in [-0.1, -0.05) is 30.7 Å². The SMILES string of the molecule is [2H]C([2H])([2H])N1CCC(c2nc3cc([C@H]4CC[C@H](C)CN4S(=O)(=O)c4ccc(C)cc4)ccc3s2)CC1. The highest BCUT2D eigenvalue weighted by atomic mass is 32.2. The lowest BCUT2D eigenvalue weighted by Gasteiger charge is -2.38. The van der Waals surface area contributed by atoms with Crippen LogP contribution in [0.2, 0.25) is 0 Å². The molecule has 0 aliphatic carbocycles. The molecule has 33 heavy (non-hydrogen) atoms. The van der Waals surface area contributed by atoms with Crippen molar-refractivity contribution in [2.24, 2.45) is 5.92 Å². The number of nitrogens with zero attached hydrogens (tertiary/aromatic N) is 3. The first-order chi connectivity index (χ1) is 17.0. The third kappa shape index (κ3) is 4.61. The van der Waals surface area contributed by atoms with E-state index in [-0.39, 0.29) is 12.0 Å². The second-order valence-corrected chi connectivity index (χ2v) is 12.6. The summed E-state index contributed by atoms with van der Waals surface area (Å²) in [5.41, 5.74) is 2.92. The second kappa shape index (κ2) is 9.10. The standard InChI is InChI=1S/C26H33N3O2S2/c1-18-4-8-22(9-5-18)33(30,31)29-17-19(2)6-10-24(29)21-7-11-25-23(16-21)27-26(32-25)20-12-14-28(3)15-13-20/h4-5,7-9,11,16,19-20,24H,6,10,12-15,17H2,1-3H3/t19-,24+/m0/s1/i3D3. The van der Waals surface area contributed by atoms with Crippen molar-refractivity contribution < 1.29 is 12.5 Å². The van der Waals surface area contributed by atoms with E-state index in [1.54, 1.807) is 32.7 Å². The lowest BCUT2D eigenvalue weighted by atomic mass is 9.92. The van der Waals surface area contributed by atoms with Crippen LogP contribution in [0.1, 0.15) is 64.8 Å². The van der Waals surface area contributed by atoms with E-state index in [1.165, 1.54) is 0 Å². The van der Waals surface area contributed by atoms with E-state index in [0.717, 1.165) is 52.0 Å². The molecule has 5 nitrogen and oxygen atoms in total. The van der Waals surface area contributed by atoms with Crippen LogP contribution in [-0.4, -0.2) is 49.2 Å². The molecule has 2 fully saturated rings. The summed E-state index contributed by atoms with van der Waals surface area (Å²) in [6.07, 6.45) is 3.33. The molecule has 0 unspecified atom stereocenters. The number of benzene rings is 2. The number of aryl methyl sites for hydroxylation is 1. The lowest BCUT2D eigenvalue weighted by molar-refractivity contribution is 0.207. The van der Waals surface area contributed by atoms with Crippen molar-refractivity contribution in [3.63, 3.8) is 0 Å². The van der Waals surface area contributed by atoms with Gasteiger partial charge >= 0.3 is 0 Å². The number of fused-ring (bicyclic) bond motifs is 1. The molecular formula is C26H33N3O2S2. The van der Waals surface area contributed by atoms with Crippen LogP contribution < -0.4 is 0 Å². The highest BCUT2D eigenvalue weighted by molar-refractivity contribution is 7.89. The number of aromatic nitrogens is 1. The van der Waals surface area contributed by atoms with Crippen molar-refractivity contribution in [1.29, 1.82) is 0 Å². The van der Waals surface area contributed by atoms with Gasteiger partial charge in [-0.15, -0.1) is 11.3 Å². The van der Waals surface area contributed by atoms with Gasteiger partial charge in [0, 0.05) is 16.6 Å². The molecule has 2 saturated heterocycles. The summed E-state index contributed by atoms with van der Waals surface area (Å²) < 4.78 is 53.0. The molecule has 176 valence electrons. The van der Waals surface area contributed by atoms with Crippen LogP contribution in [0.4, 0.5) is 0 Å². The first-order valence-corrected chi connectivity index (χ1v) is 14.0. The first kappa shape index (κ1) is 19.5. The Morgan fingerprint density at radius 3 is 2.55 bits per heavy atom. The van der Waals surface area contributed by atoms with Gasteiger partial charge in [-0.2, -0.15) is 4.31 Å². The second-order valence-electron chi connectivity index (χ2n) is 9.63. The summed E-state index contributed by atoms with van der Waals surface area (Å²) in [5.74, 6) is 0.565. The van der Waals surface area contributed by atoms with E-state index in [4.69, 9.17) is 9.10 Å². The van der Waals surface area contributed by atoms with Gasteiger partial charge in [0.2, 0.25) is 10.0 Å². The van der Waals surface area contributed by atoms with Gasteiger partial charge in [0.25, 0.3) is 0 Å². The van der Waals surface area contributed by atoms with E-state index < -0.39 is 17.0 Å². The Kier molecular flexibility index (Phi) is 5.38. The molecule has 0 radical (unpaired) electrons. The maximum absolute atomic E-state index is 13.7. The van der Waals surface area contributed by atoms with Gasteiger partial charge in [-0.25, -0.2) is 13.4 Å². The molecule has 5 rings (SSSR count). The molecule has 0 spiro atoms. The summed E-state index contributed by atoms with van der Waals surface area (Å²) in [5, 5.41) is 1.05. The molecule has 0 saturated carbocycles. The quantitative estimate of drug-likeness (QED) is 0.483. The fourth-order valence-corrected chi connectivity index (χ4v) is 7.91. The Morgan fingerprint density at radius 2 is 1.82 bits per heavy atom. The summed E-state index contributed by atoms with van der Waals surface area (Å²) in [6.45, 7) is 3.64. The smallest absolute Gasteiger partial charge is 0.243 e. The summed E-state index contributed by atoms with van der Waals surface area (Å²) >= 11 is 1.67. The van der Waals surface area contributed by atoms with Crippen LogP contribution in [0.15, 0.2) is 47.4 Å². The van der Waals surface area contributed by atoms with Gasteiger partial charge in [-0.05, 0) is 88.4 Å². The average Bonchev–Trinajstić information content (AvgIpc) is 3.27. The molecule has 2 aromatic carbocycles. The summed E-state index contributed by atoms with van der Waals surface area (Å²) in [7, 11) is -3.63. The van der Waals surface area contributed by atoms with E-state index in [2.05, 4.69) is 25.1 Å². The van der Waals surface area contributed by atoms with Crippen molar-refractivity contribution in [2.45, 2.75) is 56.4 Å². The summed E-state index contributed by atoms with van der Waals surface area (Å²) in [6, 6.07) is 13.1. The van der Waals surface area contributed by atoms with Crippen LogP contribution in [-0.2, 0) is 10.0 Å². The van der Waals surface area contributed by atoms with Crippen molar-refractivity contribution in [1.82, 2.24) is 14.2 Å². The van der Waals surface area contributed by atoms with E-state index >= 15 is 0 Å². The Hall–Kier alpha value is -1.80. The predicted octanol–water partition coefficient (Wildman–Crippen LogP) is 5.58. The van der Waals surface area contributed by atoms with Crippen molar-refractivity contribution >= 4 is 31.6 Å². The highest BCUT2D eigenvalue weighted by Gasteiger charge is 2.37. The van der Waals surface area contributed by atoms with E-state index in [9.17, 15) is 8.42 Å². The molecule has 3 aromatic rings. The van der Waals surface area contributed by atoms with Gasteiger partial charge in [0.05, 0.1) is 26.2 Å². The molecular weight excluding hydrogens is 450 g/mol. The largest absolute Gasteiger partial charge is 0.306 e. The third-order valence-corrected chi connectivity index (χ3v) is 10.1. The average molecular weight is 487 g/mol. The Balaban J connectivity index is 1.41. The number of piperidine rings is 2. The van der Waals surface area contributed by atoms with Gasteiger partial charge < -0.3 is 4.90 Å². The van der Waals surface area contributed by atoms with Crippen LogP contribution in [0.25, 0.3) is 10.2 Å². The normalized spacial score (nSPS) is 25.6. The summed E-state index contributed by atoms with van der Waals surface area (Å²) in [4.78, 5) is 6.85. The molecule has 1 aromatic heterocycles. The zero-order valence-electron chi connectivity index (χ0n) is 22.2. The first-order valence-electron chi connectivity index (χ1n) is 13.3. The minimum Gasteiger partial charge on any atom is -0.306 e. The number of hydrogen-bond acceptors (Lipinski definition) is 5. The fraction of sp³-hybridized carbons (Fsp3) is 0.500. The van der Waals surface area contributed by atoms with Crippen molar-refractivity contribution in [3.8, 4) is 0 Å². The zero-order valence-corrected chi connectivity index (χ0v) is 20.8. The third-order valence-electron chi connectivity index (χ3n) is 7.06. The fourth-order valence-electron chi connectivity index (χ4n) is 5.03. The van der Waals surface area contributed by atoms with Gasteiger partial charge in [-0.3, -0.25) is 0 Å². The van der Waals surface area contributed by atoms with Crippen LogP contribution in [0.3, 0.4) is 0 Å². The Labute approximate surface area is 205 Å². The zero-order chi connectivity index (χ0) is 25.7. The number of thiazole rings is 1. The molecule has 2 atom stereocenters. The Morgan fingerprint density at radius 1 is 1.06 bits per heavy atom. The number of hydrogen-bond donors (Lipinski definition) is 0. The number of rotatable bonds is 4. The molecule has 0 N–H and O–H groups in total. The van der Waals surface area contributed by atoms with Crippen molar-refractivity contribution in [3.05, 3.63) is 58.6 Å². The topological polar surface area (TPSA) is 53.5 Å². The van der Waals surface area contributed by atoms with E-state index in [1.807, 2.05) is 19.1 Å². The van der Waals surface area contributed by atoms with Crippen LogP contribution >= 0.6 is 11.3 Å². The molecule has 2 aliphatic heterocycles. The molecule has 0 amide bonds.